The topological polar surface area (TPSA) is 56.1 Å². The summed E-state index contributed by atoms with van der Waals surface area (Å²) < 4.78 is 9.17. The fraction of sp³-hybridized carbons (Fsp3) is 0.286. The molecule has 5 nitrogen and oxygen atoms in total. The molecule has 0 unspecified atom stereocenters. The van der Waals surface area contributed by atoms with Crippen LogP contribution in [0, 0.1) is 13.8 Å². The molecule has 0 spiro atoms. The average Bonchev–Trinajstić information content (AvgIpc) is 3.19. The first-order valence-corrected chi connectivity index (χ1v) is 12.5. The first kappa shape index (κ1) is 24.0. The van der Waals surface area contributed by atoms with Gasteiger partial charge in [-0.3, -0.25) is 4.79 Å². The molecule has 0 radical (unpaired) electrons. The van der Waals surface area contributed by atoms with Crippen molar-refractivity contribution in [3.63, 3.8) is 0 Å². The fourth-order valence-corrected chi connectivity index (χ4v) is 4.36. The number of amides is 1. The summed E-state index contributed by atoms with van der Waals surface area (Å²) in [4.78, 5) is 17.2. The molecule has 1 N–H and O–H groups in total. The summed E-state index contributed by atoms with van der Waals surface area (Å²) >= 11 is 3.41. The number of carbonyl (C=O) groups is 1. The molecule has 176 valence electrons. The van der Waals surface area contributed by atoms with E-state index in [1.807, 2.05) is 42.5 Å². The van der Waals surface area contributed by atoms with Gasteiger partial charge in [0, 0.05) is 29.5 Å². The lowest BCUT2D eigenvalue weighted by molar-refractivity contribution is 0.0953. The third-order valence-corrected chi connectivity index (χ3v) is 6.45. The number of hydrogen-bond donors (Lipinski definition) is 1. The lowest BCUT2D eigenvalue weighted by Gasteiger charge is -2.12. The fourth-order valence-electron chi connectivity index (χ4n) is 3.96. The van der Waals surface area contributed by atoms with Crippen molar-refractivity contribution in [2.24, 2.45) is 0 Å². The number of para-hydroxylation sites is 2. The normalized spacial score (nSPS) is 11.0. The van der Waals surface area contributed by atoms with Gasteiger partial charge in [-0.2, -0.15) is 0 Å². The number of fused-ring (bicyclic) bond motifs is 1. The molecule has 6 heteroatoms. The Morgan fingerprint density at radius 2 is 1.85 bits per heavy atom. The van der Waals surface area contributed by atoms with E-state index in [1.165, 1.54) is 11.1 Å². The summed E-state index contributed by atoms with van der Waals surface area (Å²) in [5.41, 5.74) is 5.32. The van der Waals surface area contributed by atoms with Crippen molar-refractivity contribution in [2.45, 2.75) is 39.7 Å². The Kier molecular flexibility index (Phi) is 8.01. The van der Waals surface area contributed by atoms with Crippen LogP contribution in [0.2, 0.25) is 0 Å². The molecule has 3 aromatic carbocycles. The van der Waals surface area contributed by atoms with Gasteiger partial charge in [0.15, 0.2) is 0 Å². The number of aromatic nitrogens is 2. The van der Waals surface area contributed by atoms with E-state index in [0.29, 0.717) is 18.7 Å². The summed E-state index contributed by atoms with van der Waals surface area (Å²) in [6.07, 6.45) is 2.51. The number of nitrogens with zero attached hydrogens (tertiary/aromatic N) is 2. The number of carbonyl (C=O) groups excluding carboxylic acids is 1. The molecule has 0 atom stereocenters. The molecule has 4 aromatic rings. The molecule has 1 heterocycles. The van der Waals surface area contributed by atoms with E-state index >= 15 is 0 Å². The Morgan fingerprint density at radius 3 is 2.68 bits per heavy atom. The molecule has 1 amide bonds. The Morgan fingerprint density at radius 1 is 1.00 bits per heavy atom. The zero-order chi connectivity index (χ0) is 23.9. The van der Waals surface area contributed by atoms with Gasteiger partial charge in [0.1, 0.15) is 11.6 Å². The Bertz CT molecular complexity index is 1280. The van der Waals surface area contributed by atoms with Crippen LogP contribution in [0.15, 0.2) is 71.2 Å². The summed E-state index contributed by atoms with van der Waals surface area (Å²) in [6.45, 7) is 6.30. The number of imidazole rings is 1. The summed E-state index contributed by atoms with van der Waals surface area (Å²) in [5, 5.41) is 3.01. The van der Waals surface area contributed by atoms with Gasteiger partial charge >= 0.3 is 0 Å². The van der Waals surface area contributed by atoms with E-state index in [4.69, 9.17) is 9.72 Å². The monoisotopic (exact) mass is 519 g/mol. The summed E-state index contributed by atoms with van der Waals surface area (Å²) in [5.74, 6) is 1.90. The Balaban J connectivity index is 1.33. The molecule has 34 heavy (non-hydrogen) atoms. The van der Waals surface area contributed by atoms with E-state index < -0.39 is 0 Å². The lowest BCUT2D eigenvalue weighted by atomic mass is 10.1. The van der Waals surface area contributed by atoms with Crippen molar-refractivity contribution in [2.75, 3.05) is 13.2 Å². The minimum absolute atomic E-state index is 0.0571. The van der Waals surface area contributed by atoms with E-state index in [-0.39, 0.29) is 5.91 Å². The lowest BCUT2D eigenvalue weighted by Crippen LogP contribution is -2.25. The third-order valence-electron chi connectivity index (χ3n) is 5.96. The Hall–Kier alpha value is -3.12. The van der Waals surface area contributed by atoms with Crippen LogP contribution >= 0.6 is 15.9 Å². The van der Waals surface area contributed by atoms with Gasteiger partial charge in [-0.25, -0.2) is 4.98 Å². The van der Waals surface area contributed by atoms with Crippen LogP contribution in [0.1, 0.15) is 40.2 Å². The predicted molar refractivity (Wildman–Crippen MR) is 141 cm³/mol. The van der Waals surface area contributed by atoms with Crippen LogP contribution in [0.5, 0.6) is 5.75 Å². The van der Waals surface area contributed by atoms with Gasteiger partial charge in [-0.1, -0.05) is 40.2 Å². The maximum absolute atomic E-state index is 12.4. The van der Waals surface area contributed by atoms with Crippen molar-refractivity contribution in [1.82, 2.24) is 14.9 Å². The first-order valence-electron chi connectivity index (χ1n) is 11.7. The molecule has 0 saturated carbocycles. The van der Waals surface area contributed by atoms with Crippen LogP contribution in [0.3, 0.4) is 0 Å². The quantitative estimate of drug-likeness (QED) is 0.252. The van der Waals surface area contributed by atoms with Crippen LogP contribution < -0.4 is 10.1 Å². The molecule has 0 saturated heterocycles. The van der Waals surface area contributed by atoms with Crippen molar-refractivity contribution in [1.29, 1.82) is 0 Å². The molecular formula is C28H30BrN3O2. The highest BCUT2D eigenvalue weighted by Crippen LogP contribution is 2.19. The molecule has 0 fully saturated rings. The van der Waals surface area contributed by atoms with Gasteiger partial charge in [-0.15, -0.1) is 0 Å². The molecular weight excluding hydrogens is 490 g/mol. The molecule has 0 aliphatic heterocycles. The number of hydrogen-bond acceptors (Lipinski definition) is 3. The molecule has 0 aliphatic rings. The number of nitrogens with one attached hydrogen (secondary N) is 1. The average molecular weight is 520 g/mol. The van der Waals surface area contributed by atoms with Gasteiger partial charge < -0.3 is 14.6 Å². The number of rotatable bonds is 10. The van der Waals surface area contributed by atoms with E-state index in [0.717, 1.165) is 52.9 Å². The molecule has 4 rings (SSSR count). The third kappa shape index (κ3) is 6.06. The number of ether oxygens (including phenoxy) is 1. The molecule has 0 bridgehead atoms. The maximum Gasteiger partial charge on any atom is 0.251 e. The van der Waals surface area contributed by atoms with Crippen LogP contribution in [0.4, 0.5) is 0 Å². The van der Waals surface area contributed by atoms with Gasteiger partial charge in [0.05, 0.1) is 17.6 Å². The summed E-state index contributed by atoms with van der Waals surface area (Å²) in [6, 6.07) is 21.9. The maximum atomic E-state index is 12.4. The zero-order valence-corrected chi connectivity index (χ0v) is 21.3. The number of benzene rings is 3. The van der Waals surface area contributed by atoms with E-state index in [2.05, 4.69) is 63.9 Å². The van der Waals surface area contributed by atoms with Crippen LogP contribution in [-0.4, -0.2) is 28.6 Å². The second-order valence-corrected chi connectivity index (χ2v) is 9.40. The minimum atomic E-state index is -0.0571. The molecule has 0 aliphatic carbocycles. The standard InChI is InChI=1S/C28H30BrN3O2/c1-20-13-14-24(18-21(20)2)34-17-7-16-32-26-11-4-3-10-25(26)31-27(32)12-6-15-30-28(33)22-8-5-9-23(29)19-22/h3-5,8-11,13-14,18-19H,6-7,12,15-17H2,1-2H3,(H,30,33). The Labute approximate surface area is 209 Å². The highest BCUT2D eigenvalue weighted by Gasteiger charge is 2.11. The van der Waals surface area contributed by atoms with Crippen molar-refractivity contribution >= 4 is 32.9 Å². The SMILES string of the molecule is Cc1ccc(OCCCn2c(CCCNC(=O)c3cccc(Br)c3)nc3ccccc32)cc1C. The second-order valence-electron chi connectivity index (χ2n) is 8.49. The van der Waals surface area contributed by atoms with Gasteiger partial charge in [0.25, 0.3) is 5.91 Å². The van der Waals surface area contributed by atoms with Crippen LogP contribution in [-0.2, 0) is 13.0 Å². The van der Waals surface area contributed by atoms with E-state index in [9.17, 15) is 4.79 Å². The minimum Gasteiger partial charge on any atom is -0.494 e. The van der Waals surface area contributed by atoms with Crippen LogP contribution in [0.25, 0.3) is 11.0 Å². The van der Waals surface area contributed by atoms with Crippen molar-refractivity contribution in [3.05, 3.63) is 93.7 Å². The largest absolute Gasteiger partial charge is 0.494 e. The van der Waals surface area contributed by atoms with Gasteiger partial charge in [-0.05, 0) is 80.3 Å². The molecule has 1 aromatic heterocycles. The summed E-state index contributed by atoms with van der Waals surface area (Å²) in [7, 11) is 0. The number of aryl methyl sites for hydroxylation is 4. The smallest absolute Gasteiger partial charge is 0.251 e. The highest BCUT2D eigenvalue weighted by molar-refractivity contribution is 9.10. The van der Waals surface area contributed by atoms with Gasteiger partial charge in [0.2, 0.25) is 0 Å². The second kappa shape index (κ2) is 11.3. The van der Waals surface area contributed by atoms with E-state index in [1.54, 1.807) is 0 Å². The van der Waals surface area contributed by atoms with Crippen molar-refractivity contribution < 1.29 is 9.53 Å². The van der Waals surface area contributed by atoms with Crippen molar-refractivity contribution in [3.8, 4) is 5.75 Å². The first-order chi connectivity index (χ1) is 16.5. The zero-order valence-electron chi connectivity index (χ0n) is 19.7. The predicted octanol–water partition coefficient (Wildman–Crippen LogP) is 6.25. The highest BCUT2D eigenvalue weighted by atomic mass is 79.9. The number of halogens is 1.